The van der Waals surface area contributed by atoms with Crippen LogP contribution in [0.3, 0.4) is 0 Å². The molecule has 0 aliphatic heterocycles. The highest BCUT2D eigenvalue weighted by Gasteiger charge is 2.14. The van der Waals surface area contributed by atoms with Crippen LogP contribution < -0.4 is 11.4 Å². The van der Waals surface area contributed by atoms with E-state index in [-0.39, 0.29) is 29.9 Å². The molecule has 3 aromatic rings. The van der Waals surface area contributed by atoms with Crippen LogP contribution in [0.5, 0.6) is 0 Å². The molecule has 0 atom stereocenters. The Bertz CT molecular complexity index is 1070. The zero-order chi connectivity index (χ0) is 20.3. The maximum atomic E-state index is 12.5. The number of amidine groups is 1. The van der Waals surface area contributed by atoms with Gasteiger partial charge in [0.25, 0.3) is 0 Å². The molecule has 3 rings (SSSR count). The molecule has 29 heavy (non-hydrogen) atoms. The van der Waals surface area contributed by atoms with E-state index in [2.05, 4.69) is 9.72 Å². The number of hydrogen-bond donors (Lipinski definition) is 3. The Morgan fingerprint density at radius 1 is 1.14 bits per heavy atom. The summed E-state index contributed by atoms with van der Waals surface area (Å²) in [5, 5.41) is 7.47. The van der Waals surface area contributed by atoms with Crippen molar-refractivity contribution in [3.05, 3.63) is 75.8 Å². The highest BCUT2D eigenvalue weighted by molar-refractivity contribution is 5.95. The second kappa shape index (κ2) is 9.25. The number of ether oxygens (including phenoxy) is 1. The molecule has 1 aromatic heterocycles. The second-order valence-corrected chi connectivity index (χ2v) is 6.46. The number of carbonyl (C=O) groups is 1. The molecule has 0 fully saturated rings. The third-order valence-electron chi connectivity index (χ3n) is 4.66. The molecule has 4 N–H and O–H groups in total. The van der Waals surface area contributed by atoms with Gasteiger partial charge in [0, 0.05) is 17.7 Å². The molecule has 0 radical (unpaired) electrons. The largest absolute Gasteiger partial charge is 0.469 e. The Morgan fingerprint density at radius 2 is 1.76 bits per heavy atom. The molecule has 0 amide bonds. The summed E-state index contributed by atoms with van der Waals surface area (Å²) in [6.07, 6.45) is 0.935. The van der Waals surface area contributed by atoms with Gasteiger partial charge >= 0.3 is 11.7 Å². The average molecular weight is 415 g/mol. The molecule has 2 aromatic carbocycles. The van der Waals surface area contributed by atoms with Crippen LogP contribution in [0.1, 0.15) is 23.2 Å². The highest BCUT2D eigenvalue weighted by Crippen LogP contribution is 2.23. The van der Waals surface area contributed by atoms with Crippen molar-refractivity contribution in [2.75, 3.05) is 7.11 Å². The average Bonchev–Trinajstić information content (AvgIpc) is 3.00. The SMILES string of the molecule is COC(=O)CCc1ccc(-c2[nH]c(=O)n(-c3ccc(C(=N)N)cc3)c2C)cc1.Cl. The first-order valence-corrected chi connectivity index (χ1v) is 8.83. The monoisotopic (exact) mass is 414 g/mol. The van der Waals surface area contributed by atoms with Crippen LogP contribution in [0.25, 0.3) is 16.9 Å². The van der Waals surface area contributed by atoms with Crippen LogP contribution in [0.15, 0.2) is 53.3 Å². The van der Waals surface area contributed by atoms with E-state index >= 15 is 0 Å². The van der Waals surface area contributed by atoms with E-state index in [1.807, 2.05) is 31.2 Å². The standard InChI is InChI=1S/C21H22N4O3.ClH/c1-13-19(15-6-3-14(4-7-15)5-12-18(26)28-2)24-21(27)25(13)17-10-8-16(9-11-17)20(22)23;/h3-4,6-11H,5,12H2,1-2H3,(H3,22,23)(H,24,27);1H. The van der Waals surface area contributed by atoms with E-state index in [1.165, 1.54) is 7.11 Å². The maximum Gasteiger partial charge on any atom is 0.330 e. The van der Waals surface area contributed by atoms with E-state index in [1.54, 1.807) is 28.8 Å². The second-order valence-electron chi connectivity index (χ2n) is 6.46. The molecule has 1 heterocycles. The number of rotatable bonds is 6. The summed E-state index contributed by atoms with van der Waals surface area (Å²) >= 11 is 0. The molecule has 7 nitrogen and oxygen atoms in total. The number of esters is 1. The Kier molecular flexibility index (Phi) is 7.01. The summed E-state index contributed by atoms with van der Waals surface area (Å²) < 4.78 is 6.25. The number of hydrogen-bond acceptors (Lipinski definition) is 4. The Hall–Kier alpha value is -3.32. The zero-order valence-electron chi connectivity index (χ0n) is 16.2. The molecule has 152 valence electrons. The van der Waals surface area contributed by atoms with Crippen molar-refractivity contribution in [1.82, 2.24) is 9.55 Å². The molecular formula is C21H23ClN4O3. The van der Waals surface area contributed by atoms with Crippen molar-refractivity contribution in [1.29, 1.82) is 5.41 Å². The number of halogens is 1. The van der Waals surface area contributed by atoms with Crippen LogP contribution in [-0.2, 0) is 16.0 Å². The third kappa shape index (κ3) is 4.75. The predicted molar refractivity (Wildman–Crippen MR) is 115 cm³/mol. The van der Waals surface area contributed by atoms with E-state index in [4.69, 9.17) is 11.1 Å². The predicted octanol–water partition coefficient (Wildman–Crippen LogP) is 2.95. The van der Waals surface area contributed by atoms with Gasteiger partial charge in [0.1, 0.15) is 5.84 Å². The topological polar surface area (TPSA) is 114 Å². The first kappa shape index (κ1) is 22.0. The lowest BCUT2D eigenvalue weighted by Gasteiger charge is -2.07. The van der Waals surface area contributed by atoms with Gasteiger partial charge in [-0.05, 0) is 48.7 Å². The summed E-state index contributed by atoms with van der Waals surface area (Å²) in [5.41, 5.74) is 9.97. The summed E-state index contributed by atoms with van der Waals surface area (Å²) in [5.74, 6) is -0.255. The summed E-state index contributed by atoms with van der Waals surface area (Å²) in [7, 11) is 1.38. The molecule has 0 unspecified atom stereocenters. The first-order valence-electron chi connectivity index (χ1n) is 8.83. The Labute approximate surface area is 174 Å². The number of nitrogen functional groups attached to an aromatic ring is 1. The molecule has 0 bridgehead atoms. The van der Waals surface area contributed by atoms with Gasteiger partial charge < -0.3 is 15.5 Å². The lowest BCUT2D eigenvalue weighted by atomic mass is 10.0. The Balaban J connectivity index is 0.00000300. The lowest BCUT2D eigenvalue weighted by molar-refractivity contribution is -0.140. The summed E-state index contributed by atoms with van der Waals surface area (Å²) in [6.45, 7) is 1.87. The molecule has 8 heteroatoms. The molecule has 0 saturated heterocycles. The van der Waals surface area contributed by atoms with Crippen LogP contribution >= 0.6 is 12.4 Å². The molecule has 0 spiro atoms. The van der Waals surface area contributed by atoms with Gasteiger partial charge in [0.15, 0.2) is 0 Å². The van der Waals surface area contributed by atoms with Gasteiger partial charge in [0.05, 0.1) is 18.5 Å². The molecule has 0 saturated carbocycles. The molecular weight excluding hydrogens is 392 g/mol. The number of nitrogens with one attached hydrogen (secondary N) is 2. The van der Waals surface area contributed by atoms with Crippen molar-refractivity contribution < 1.29 is 9.53 Å². The van der Waals surface area contributed by atoms with Crippen molar-refractivity contribution >= 4 is 24.2 Å². The quantitative estimate of drug-likeness (QED) is 0.327. The fourth-order valence-corrected chi connectivity index (χ4v) is 3.09. The number of aromatic amines is 1. The minimum absolute atomic E-state index is 0. The van der Waals surface area contributed by atoms with Crippen LogP contribution in [0.4, 0.5) is 0 Å². The number of aryl methyl sites for hydroxylation is 1. The highest BCUT2D eigenvalue weighted by atomic mass is 35.5. The minimum atomic E-state index is -0.239. The number of nitrogens with two attached hydrogens (primary N) is 1. The number of imidazole rings is 1. The van der Waals surface area contributed by atoms with Crippen molar-refractivity contribution in [2.24, 2.45) is 5.73 Å². The number of benzene rings is 2. The fraction of sp³-hybridized carbons (Fsp3) is 0.190. The van der Waals surface area contributed by atoms with Crippen molar-refractivity contribution in [3.8, 4) is 16.9 Å². The number of aromatic nitrogens is 2. The Morgan fingerprint density at radius 3 is 2.31 bits per heavy atom. The zero-order valence-corrected chi connectivity index (χ0v) is 17.0. The smallest absolute Gasteiger partial charge is 0.330 e. The van der Waals surface area contributed by atoms with Gasteiger partial charge in [-0.3, -0.25) is 14.8 Å². The maximum absolute atomic E-state index is 12.5. The van der Waals surface area contributed by atoms with Gasteiger partial charge in [-0.25, -0.2) is 4.79 Å². The summed E-state index contributed by atoms with van der Waals surface area (Å²) in [6, 6.07) is 14.7. The van der Waals surface area contributed by atoms with E-state index in [9.17, 15) is 9.59 Å². The van der Waals surface area contributed by atoms with Gasteiger partial charge in [-0.1, -0.05) is 24.3 Å². The molecule has 0 aliphatic rings. The van der Waals surface area contributed by atoms with E-state index in [0.717, 1.165) is 22.5 Å². The van der Waals surface area contributed by atoms with E-state index in [0.29, 0.717) is 24.1 Å². The number of H-pyrrole nitrogens is 1. The third-order valence-corrected chi connectivity index (χ3v) is 4.66. The normalized spacial score (nSPS) is 10.3. The van der Waals surface area contributed by atoms with Crippen LogP contribution in [-0.4, -0.2) is 28.5 Å². The van der Waals surface area contributed by atoms with Crippen molar-refractivity contribution in [3.63, 3.8) is 0 Å². The van der Waals surface area contributed by atoms with Crippen LogP contribution in [0, 0.1) is 12.3 Å². The fourth-order valence-electron chi connectivity index (χ4n) is 3.09. The molecule has 0 aliphatic carbocycles. The van der Waals surface area contributed by atoms with E-state index < -0.39 is 0 Å². The first-order chi connectivity index (χ1) is 13.4. The van der Waals surface area contributed by atoms with Gasteiger partial charge in [0.2, 0.25) is 0 Å². The van der Waals surface area contributed by atoms with Crippen molar-refractivity contribution in [2.45, 2.75) is 19.8 Å². The number of methoxy groups -OCH3 is 1. The van der Waals surface area contributed by atoms with Crippen LogP contribution in [0.2, 0.25) is 0 Å². The number of carbonyl (C=O) groups excluding carboxylic acids is 1. The van der Waals surface area contributed by atoms with Gasteiger partial charge in [-0.2, -0.15) is 0 Å². The van der Waals surface area contributed by atoms with Gasteiger partial charge in [-0.15, -0.1) is 12.4 Å². The summed E-state index contributed by atoms with van der Waals surface area (Å²) in [4.78, 5) is 26.7. The minimum Gasteiger partial charge on any atom is -0.469 e. The number of nitrogens with zero attached hydrogens (tertiary/aromatic N) is 1. The lowest BCUT2D eigenvalue weighted by Crippen LogP contribution is -2.16.